The third kappa shape index (κ3) is 1.72. The van der Waals surface area contributed by atoms with Gasteiger partial charge >= 0.3 is 0 Å². The van der Waals surface area contributed by atoms with Gasteiger partial charge in [0.2, 0.25) is 0 Å². The first-order chi connectivity index (χ1) is 7.72. The summed E-state index contributed by atoms with van der Waals surface area (Å²) in [5.74, 6) is 0. The van der Waals surface area contributed by atoms with Gasteiger partial charge in [0, 0.05) is 12.6 Å². The predicted molar refractivity (Wildman–Crippen MR) is 58.7 cm³/mol. The summed E-state index contributed by atoms with van der Waals surface area (Å²) in [4.78, 5) is 11.3. The van der Waals surface area contributed by atoms with E-state index in [9.17, 15) is 4.79 Å². The number of nitrogens with one attached hydrogen (secondary N) is 2. The number of aromatic nitrogens is 2. The minimum atomic E-state index is -0.455. The molecule has 0 amide bonds. The van der Waals surface area contributed by atoms with E-state index in [1.807, 2.05) is 0 Å². The zero-order valence-electron chi connectivity index (χ0n) is 8.36. The molecule has 6 heteroatoms. The highest BCUT2D eigenvalue weighted by Gasteiger charge is 2.10. The maximum atomic E-state index is 11.3. The molecule has 0 saturated carbocycles. The van der Waals surface area contributed by atoms with Gasteiger partial charge in [-0.25, -0.2) is 5.10 Å². The molecule has 0 aliphatic rings. The fraction of sp³-hybridized carbons (Fsp3) is 0.100. The first-order valence-electron chi connectivity index (χ1n) is 4.61. The Morgan fingerprint density at radius 3 is 3.06 bits per heavy atom. The molecule has 0 spiro atoms. The lowest BCUT2D eigenvalue weighted by Crippen LogP contribution is -2.19. The van der Waals surface area contributed by atoms with Gasteiger partial charge in [-0.05, 0) is 11.6 Å². The molecule has 2 aromatic heterocycles. The van der Waals surface area contributed by atoms with Crippen molar-refractivity contribution in [1.82, 2.24) is 10.2 Å². The van der Waals surface area contributed by atoms with Crippen molar-refractivity contribution in [3.05, 3.63) is 45.8 Å². The van der Waals surface area contributed by atoms with E-state index in [0.717, 1.165) is 11.8 Å². The van der Waals surface area contributed by atoms with E-state index in [0.29, 0.717) is 12.1 Å². The van der Waals surface area contributed by atoms with Crippen molar-refractivity contribution in [1.29, 1.82) is 5.41 Å². The summed E-state index contributed by atoms with van der Waals surface area (Å²) in [5, 5.41) is 13.3. The minimum absolute atomic E-state index is 0.133. The molecule has 0 saturated heterocycles. The average Bonchev–Trinajstić information content (AvgIpc) is 2.76. The number of nitrogens with two attached hydrogens (primary N) is 1. The molecule has 0 aromatic carbocycles. The molecule has 2 heterocycles. The third-order valence-corrected chi connectivity index (χ3v) is 2.23. The average molecular weight is 218 g/mol. The van der Waals surface area contributed by atoms with Crippen LogP contribution in [0.2, 0.25) is 0 Å². The van der Waals surface area contributed by atoms with Gasteiger partial charge in [0.15, 0.2) is 0 Å². The molecule has 0 aliphatic carbocycles. The summed E-state index contributed by atoms with van der Waals surface area (Å²) in [6.07, 6.45) is 4.51. The molecule has 2 rings (SSSR count). The van der Waals surface area contributed by atoms with Gasteiger partial charge < -0.3 is 15.6 Å². The molecule has 2 aromatic rings. The number of rotatable bonds is 3. The lowest BCUT2D eigenvalue weighted by Gasteiger charge is -2.04. The molecular weight excluding hydrogens is 208 g/mol. The summed E-state index contributed by atoms with van der Waals surface area (Å²) in [7, 11) is 0. The van der Waals surface area contributed by atoms with Crippen molar-refractivity contribution in [2.75, 3.05) is 5.73 Å². The van der Waals surface area contributed by atoms with Crippen LogP contribution in [0.4, 0.5) is 5.69 Å². The van der Waals surface area contributed by atoms with Gasteiger partial charge in [0.05, 0.1) is 29.5 Å². The number of aromatic amines is 1. The van der Waals surface area contributed by atoms with Gasteiger partial charge in [-0.3, -0.25) is 4.79 Å². The lowest BCUT2D eigenvalue weighted by molar-refractivity contribution is 0.564. The number of nitrogens with zero attached hydrogens (tertiary/aromatic N) is 1. The summed E-state index contributed by atoms with van der Waals surface area (Å²) in [6, 6.07) is 1.79. The summed E-state index contributed by atoms with van der Waals surface area (Å²) >= 11 is 0. The standard InChI is InChI=1S/C10H10N4O2/c11-4-7-9(12)8(13-14-10(7)15)3-6-1-2-16-5-6/h1-2,4-5,11H,3H2,(H3,12,14,15). The van der Waals surface area contributed by atoms with E-state index in [4.69, 9.17) is 15.6 Å². The van der Waals surface area contributed by atoms with E-state index >= 15 is 0 Å². The second-order valence-corrected chi connectivity index (χ2v) is 3.28. The van der Waals surface area contributed by atoms with Crippen LogP contribution in [-0.2, 0) is 6.42 Å². The zero-order chi connectivity index (χ0) is 11.5. The van der Waals surface area contributed by atoms with Crippen LogP contribution in [0.15, 0.2) is 27.8 Å². The Bertz CT molecular complexity index is 557. The van der Waals surface area contributed by atoms with Crippen molar-refractivity contribution >= 4 is 11.9 Å². The van der Waals surface area contributed by atoms with Crippen LogP contribution in [0.25, 0.3) is 0 Å². The lowest BCUT2D eigenvalue weighted by atomic mass is 10.1. The normalized spacial score (nSPS) is 10.2. The van der Waals surface area contributed by atoms with Gasteiger partial charge in [-0.1, -0.05) is 0 Å². The monoisotopic (exact) mass is 218 g/mol. The molecule has 16 heavy (non-hydrogen) atoms. The van der Waals surface area contributed by atoms with Crippen LogP contribution in [0.3, 0.4) is 0 Å². The summed E-state index contributed by atoms with van der Waals surface area (Å²) in [5.41, 5.74) is 7.09. The van der Waals surface area contributed by atoms with E-state index < -0.39 is 5.56 Å². The predicted octanol–water partition coefficient (Wildman–Crippen LogP) is 0.534. The van der Waals surface area contributed by atoms with Gasteiger partial charge in [0.1, 0.15) is 0 Å². The van der Waals surface area contributed by atoms with E-state index in [1.165, 1.54) is 0 Å². The van der Waals surface area contributed by atoms with Crippen molar-refractivity contribution in [3.8, 4) is 0 Å². The third-order valence-electron chi connectivity index (χ3n) is 2.23. The number of anilines is 1. The highest BCUT2D eigenvalue weighted by atomic mass is 16.3. The Hall–Kier alpha value is -2.37. The molecule has 0 fully saturated rings. The van der Waals surface area contributed by atoms with Crippen molar-refractivity contribution in [2.45, 2.75) is 6.42 Å². The number of hydrogen-bond acceptors (Lipinski definition) is 5. The van der Waals surface area contributed by atoms with Crippen molar-refractivity contribution in [3.63, 3.8) is 0 Å². The van der Waals surface area contributed by atoms with Crippen molar-refractivity contribution < 1.29 is 4.42 Å². The van der Waals surface area contributed by atoms with Crippen LogP contribution in [0.5, 0.6) is 0 Å². The Morgan fingerprint density at radius 1 is 1.62 bits per heavy atom. The molecule has 0 unspecified atom stereocenters. The molecule has 4 N–H and O–H groups in total. The highest BCUT2D eigenvalue weighted by Crippen LogP contribution is 2.14. The van der Waals surface area contributed by atoms with Gasteiger partial charge in [-0.2, -0.15) is 5.10 Å². The largest absolute Gasteiger partial charge is 0.472 e. The van der Waals surface area contributed by atoms with Crippen LogP contribution in [-0.4, -0.2) is 16.4 Å². The van der Waals surface area contributed by atoms with Crippen molar-refractivity contribution in [2.24, 2.45) is 0 Å². The Kier molecular flexibility index (Phi) is 2.55. The second-order valence-electron chi connectivity index (χ2n) is 3.28. The smallest absolute Gasteiger partial charge is 0.275 e. The van der Waals surface area contributed by atoms with Crippen LogP contribution < -0.4 is 11.3 Å². The quantitative estimate of drug-likeness (QED) is 0.653. The van der Waals surface area contributed by atoms with Crippen LogP contribution >= 0.6 is 0 Å². The van der Waals surface area contributed by atoms with E-state index in [2.05, 4.69) is 10.2 Å². The Labute approximate surface area is 90.6 Å². The SMILES string of the molecule is N=Cc1c(N)c(Cc2ccoc2)n[nH]c1=O. The zero-order valence-corrected chi connectivity index (χ0v) is 8.36. The fourth-order valence-electron chi connectivity index (χ4n) is 1.38. The van der Waals surface area contributed by atoms with E-state index in [-0.39, 0.29) is 11.3 Å². The molecule has 0 aliphatic heterocycles. The topological polar surface area (TPSA) is 109 Å². The van der Waals surface area contributed by atoms with E-state index in [1.54, 1.807) is 18.6 Å². The number of nitrogen functional groups attached to an aromatic ring is 1. The summed E-state index contributed by atoms with van der Waals surface area (Å²) in [6.45, 7) is 0. The first kappa shape index (κ1) is 10.2. The number of hydrogen-bond donors (Lipinski definition) is 3. The fourth-order valence-corrected chi connectivity index (χ4v) is 1.38. The Balaban J connectivity index is 2.43. The first-order valence-corrected chi connectivity index (χ1v) is 4.61. The molecule has 0 bridgehead atoms. The molecule has 82 valence electrons. The molecule has 6 nitrogen and oxygen atoms in total. The molecule has 0 atom stereocenters. The van der Waals surface area contributed by atoms with Crippen LogP contribution in [0, 0.1) is 5.41 Å². The molecular formula is C10H10N4O2. The van der Waals surface area contributed by atoms with Gasteiger partial charge in [-0.15, -0.1) is 0 Å². The summed E-state index contributed by atoms with van der Waals surface area (Å²) < 4.78 is 4.92. The van der Waals surface area contributed by atoms with Crippen LogP contribution in [0.1, 0.15) is 16.8 Å². The Morgan fingerprint density at radius 2 is 2.44 bits per heavy atom. The number of furan rings is 1. The highest BCUT2D eigenvalue weighted by molar-refractivity contribution is 5.84. The van der Waals surface area contributed by atoms with Gasteiger partial charge in [0.25, 0.3) is 5.56 Å². The maximum absolute atomic E-state index is 11.3. The minimum Gasteiger partial charge on any atom is -0.472 e. The number of H-pyrrole nitrogens is 1. The maximum Gasteiger partial charge on any atom is 0.275 e. The second kappa shape index (κ2) is 4.01. The molecule has 0 radical (unpaired) electrons.